The molecule has 0 spiro atoms. The van der Waals surface area contributed by atoms with Gasteiger partial charge in [-0.15, -0.1) is 11.3 Å². The van der Waals surface area contributed by atoms with Gasteiger partial charge in [0.1, 0.15) is 24.0 Å². The number of ether oxygens (including phenoxy) is 1. The Labute approximate surface area is 179 Å². The highest BCUT2D eigenvalue weighted by Crippen LogP contribution is 2.26. The van der Waals surface area contributed by atoms with Gasteiger partial charge in [0, 0.05) is 17.0 Å². The number of carbonyl (C=O) groups is 1. The number of carbonyl (C=O) groups excluding carboxylic acids is 1. The molecule has 0 aliphatic heterocycles. The summed E-state index contributed by atoms with van der Waals surface area (Å²) >= 11 is 1.34. The van der Waals surface area contributed by atoms with E-state index < -0.39 is 5.91 Å². The molecule has 0 radical (unpaired) electrons. The van der Waals surface area contributed by atoms with Crippen LogP contribution in [0, 0.1) is 11.3 Å². The number of nitriles is 1. The molecule has 0 saturated carbocycles. The lowest BCUT2D eigenvalue weighted by Gasteiger charge is -2.14. The third-order valence-corrected chi connectivity index (χ3v) is 4.92. The van der Waals surface area contributed by atoms with E-state index in [2.05, 4.69) is 36.1 Å². The Morgan fingerprint density at radius 3 is 2.60 bits per heavy atom. The van der Waals surface area contributed by atoms with Crippen molar-refractivity contribution in [3.05, 3.63) is 76.6 Å². The Balaban J connectivity index is 1.64. The van der Waals surface area contributed by atoms with Crippen LogP contribution in [0.5, 0.6) is 5.75 Å². The molecule has 0 fully saturated rings. The van der Waals surface area contributed by atoms with Crippen LogP contribution in [0.2, 0.25) is 0 Å². The van der Waals surface area contributed by atoms with E-state index in [9.17, 15) is 10.1 Å². The topological polar surface area (TPSA) is 87.9 Å². The van der Waals surface area contributed by atoms with E-state index in [0.29, 0.717) is 17.5 Å². The van der Waals surface area contributed by atoms with Crippen molar-refractivity contribution in [1.29, 1.82) is 5.26 Å². The van der Waals surface area contributed by atoms with E-state index in [1.165, 1.54) is 17.4 Å². The van der Waals surface area contributed by atoms with Crippen LogP contribution in [0.15, 0.2) is 59.6 Å². The molecule has 30 heavy (non-hydrogen) atoms. The molecule has 3 rings (SSSR count). The summed E-state index contributed by atoms with van der Waals surface area (Å²) in [6, 6.07) is 14.8. The minimum atomic E-state index is -0.484. The molecule has 3 aromatic rings. The Hall–Kier alpha value is -3.50. The number of benzene rings is 1. The van der Waals surface area contributed by atoms with Crippen molar-refractivity contribution in [3.8, 4) is 11.8 Å². The first-order chi connectivity index (χ1) is 14.3. The number of aromatic nitrogens is 2. The fourth-order valence-corrected chi connectivity index (χ4v) is 3.39. The summed E-state index contributed by atoms with van der Waals surface area (Å²) in [5.74, 6) is 0.195. The molecular formula is C23H22N4O2S. The Morgan fingerprint density at radius 2 is 2.00 bits per heavy atom. The van der Waals surface area contributed by atoms with Crippen molar-refractivity contribution >= 4 is 28.5 Å². The number of pyridine rings is 1. The highest BCUT2D eigenvalue weighted by Gasteiger charge is 2.19. The molecule has 7 heteroatoms. The number of rotatable bonds is 6. The monoisotopic (exact) mass is 418 g/mol. The van der Waals surface area contributed by atoms with Crippen molar-refractivity contribution in [2.75, 3.05) is 5.32 Å². The van der Waals surface area contributed by atoms with E-state index in [1.807, 2.05) is 29.6 Å². The van der Waals surface area contributed by atoms with Crippen LogP contribution in [-0.4, -0.2) is 15.9 Å². The van der Waals surface area contributed by atoms with Crippen LogP contribution < -0.4 is 10.1 Å². The predicted molar refractivity (Wildman–Crippen MR) is 118 cm³/mol. The molecule has 2 aromatic heterocycles. The summed E-state index contributed by atoms with van der Waals surface area (Å²) in [7, 11) is 0. The zero-order chi connectivity index (χ0) is 21.6. The fraction of sp³-hybridized carbons (Fsp3) is 0.217. The maximum absolute atomic E-state index is 12.5. The summed E-state index contributed by atoms with van der Waals surface area (Å²) in [5, 5.41) is 14.5. The van der Waals surface area contributed by atoms with Gasteiger partial charge in [0.2, 0.25) is 0 Å². The van der Waals surface area contributed by atoms with Crippen LogP contribution in [0.25, 0.3) is 6.08 Å². The summed E-state index contributed by atoms with van der Waals surface area (Å²) < 4.78 is 5.70. The van der Waals surface area contributed by atoms with E-state index in [-0.39, 0.29) is 11.0 Å². The van der Waals surface area contributed by atoms with Gasteiger partial charge in [-0.3, -0.25) is 15.1 Å². The van der Waals surface area contributed by atoms with Gasteiger partial charge >= 0.3 is 0 Å². The van der Waals surface area contributed by atoms with Gasteiger partial charge in [-0.25, -0.2) is 4.98 Å². The van der Waals surface area contributed by atoms with Gasteiger partial charge in [-0.2, -0.15) is 5.26 Å². The number of nitrogens with one attached hydrogen (secondary N) is 1. The van der Waals surface area contributed by atoms with Crippen LogP contribution in [0.1, 0.15) is 37.7 Å². The number of nitrogens with zero attached hydrogens (tertiary/aromatic N) is 3. The quantitative estimate of drug-likeness (QED) is 0.451. The molecule has 1 amide bonds. The Morgan fingerprint density at radius 1 is 1.23 bits per heavy atom. The first-order valence-corrected chi connectivity index (χ1v) is 10.2. The van der Waals surface area contributed by atoms with Crippen molar-refractivity contribution in [1.82, 2.24) is 9.97 Å². The van der Waals surface area contributed by atoms with E-state index in [1.54, 1.807) is 30.5 Å². The van der Waals surface area contributed by atoms with Gasteiger partial charge in [0.25, 0.3) is 5.91 Å². The lowest BCUT2D eigenvalue weighted by Crippen LogP contribution is -2.15. The average Bonchev–Trinajstić information content (AvgIpc) is 3.21. The number of anilines is 1. The third kappa shape index (κ3) is 5.75. The van der Waals surface area contributed by atoms with Gasteiger partial charge in [-0.1, -0.05) is 39.0 Å². The lowest BCUT2D eigenvalue weighted by atomic mass is 9.93. The number of hydrogen-bond donors (Lipinski definition) is 1. The van der Waals surface area contributed by atoms with Gasteiger partial charge in [0.05, 0.1) is 11.4 Å². The summed E-state index contributed by atoms with van der Waals surface area (Å²) in [4.78, 5) is 21.1. The molecule has 152 valence electrons. The summed E-state index contributed by atoms with van der Waals surface area (Å²) in [6.45, 7) is 6.53. The van der Waals surface area contributed by atoms with Crippen molar-refractivity contribution in [2.45, 2.75) is 32.8 Å². The molecule has 0 aliphatic rings. The smallest absolute Gasteiger partial charge is 0.268 e. The number of amides is 1. The van der Waals surface area contributed by atoms with Crippen LogP contribution in [0.4, 0.5) is 5.13 Å². The molecule has 0 atom stereocenters. The Kier molecular flexibility index (Phi) is 6.60. The van der Waals surface area contributed by atoms with E-state index in [0.717, 1.165) is 17.0 Å². The molecule has 0 bridgehead atoms. The molecular weight excluding hydrogens is 396 g/mol. The second kappa shape index (κ2) is 9.33. The van der Waals surface area contributed by atoms with Gasteiger partial charge in [-0.05, 0) is 35.9 Å². The summed E-state index contributed by atoms with van der Waals surface area (Å²) in [5.41, 5.74) is 2.35. The maximum atomic E-state index is 12.5. The third-order valence-electron chi connectivity index (χ3n) is 4.16. The van der Waals surface area contributed by atoms with Crippen LogP contribution in [0.3, 0.4) is 0 Å². The SMILES string of the molecule is CC(C)(C)c1csc(NC(=O)C(C#N)=Cc2ccc(OCc3ccccn3)cc2)n1. The van der Waals surface area contributed by atoms with Crippen molar-refractivity contribution in [3.63, 3.8) is 0 Å². The standard InChI is InChI=1S/C23H22N4O2S/c1-23(2,3)20-15-30-22(26-20)27-21(28)17(13-24)12-16-7-9-19(10-8-16)29-14-18-6-4-5-11-25-18/h4-12,15H,14H2,1-3H3,(H,26,27,28). The molecule has 0 unspecified atom stereocenters. The average molecular weight is 419 g/mol. The summed E-state index contributed by atoms with van der Waals surface area (Å²) in [6.07, 6.45) is 3.26. The van der Waals surface area contributed by atoms with Crippen molar-refractivity contribution < 1.29 is 9.53 Å². The first-order valence-electron chi connectivity index (χ1n) is 9.37. The maximum Gasteiger partial charge on any atom is 0.268 e. The second-order valence-corrected chi connectivity index (χ2v) is 8.45. The second-order valence-electron chi connectivity index (χ2n) is 7.59. The fourth-order valence-electron chi connectivity index (χ4n) is 2.46. The lowest BCUT2D eigenvalue weighted by molar-refractivity contribution is -0.112. The minimum absolute atomic E-state index is 0.00432. The molecule has 1 aromatic carbocycles. The highest BCUT2D eigenvalue weighted by atomic mass is 32.1. The van der Waals surface area contributed by atoms with E-state index >= 15 is 0 Å². The zero-order valence-corrected chi connectivity index (χ0v) is 17.9. The van der Waals surface area contributed by atoms with E-state index in [4.69, 9.17) is 4.74 Å². The normalized spacial score (nSPS) is 11.6. The predicted octanol–water partition coefficient (Wildman–Crippen LogP) is 4.96. The van der Waals surface area contributed by atoms with Crippen molar-refractivity contribution in [2.24, 2.45) is 0 Å². The molecule has 2 heterocycles. The molecule has 1 N–H and O–H groups in total. The largest absolute Gasteiger partial charge is 0.487 e. The minimum Gasteiger partial charge on any atom is -0.487 e. The van der Waals surface area contributed by atoms with Gasteiger partial charge < -0.3 is 4.74 Å². The van der Waals surface area contributed by atoms with Gasteiger partial charge in [0.15, 0.2) is 5.13 Å². The zero-order valence-electron chi connectivity index (χ0n) is 17.0. The molecule has 0 saturated heterocycles. The molecule has 0 aliphatic carbocycles. The number of hydrogen-bond acceptors (Lipinski definition) is 6. The number of thiazole rings is 1. The Bertz CT molecular complexity index is 1070. The highest BCUT2D eigenvalue weighted by molar-refractivity contribution is 7.14. The molecule has 6 nitrogen and oxygen atoms in total. The first kappa shape index (κ1) is 21.2. The van der Waals surface area contributed by atoms with Crippen LogP contribution >= 0.6 is 11.3 Å². The van der Waals surface area contributed by atoms with Crippen LogP contribution in [-0.2, 0) is 16.8 Å².